The highest BCUT2D eigenvalue weighted by Crippen LogP contribution is 2.36. The molecule has 5 N–H and O–H groups in total. The fraction of sp³-hybridized carbons (Fsp3) is 0.393. The topological polar surface area (TPSA) is 107 Å². The highest BCUT2D eigenvalue weighted by Gasteiger charge is 2.37. The molecule has 1 aromatic carbocycles. The van der Waals surface area contributed by atoms with Crippen molar-refractivity contribution in [1.29, 1.82) is 0 Å². The summed E-state index contributed by atoms with van der Waals surface area (Å²) in [6, 6.07) is 10.5. The number of piperidine rings is 1. The number of rotatable bonds is 4. The number of aromatic nitrogens is 3. The van der Waals surface area contributed by atoms with Crippen molar-refractivity contribution >= 4 is 22.6 Å². The maximum absolute atomic E-state index is 6.10. The Balaban J connectivity index is 0.00000130. The number of fused-ring (bicyclic) bond motifs is 2. The molecule has 0 radical (unpaired) electrons. The Morgan fingerprint density at radius 1 is 1.14 bits per heavy atom. The van der Waals surface area contributed by atoms with Crippen LogP contribution in [0.4, 0.5) is 5.69 Å². The summed E-state index contributed by atoms with van der Waals surface area (Å²) >= 11 is 0. The number of nitrogens with two attached hydrogens (primary N) is 1. The number of benzene rings is 1. The van der Waals surface area contributed by atoms with E-state index >= 15 is 0 Å². The molecule has 0 saturated carbocycles. The molecule has 36 heavy (non-hydrogen) atoms. The van der Waals surface area contributed by atoms with Crippen LogP contribution in [-0.4, -0.2) is 57.4 Å². The van der Waals surface area contributed by atoms with Gasteiger partial charge in [-0.25, -0.2) is 4.98 Å². The van der Waals surface area contributed by atoms with E-state index in [4.69, 9.17) is 15.7 Å². The first-order chi connectivity index (χ1) is 17.5. The number of allylic oxidation sites excluding steroid dienone is 1. The standard InChI is InChI=1S/C26H30N8.C2H6/c1-26-10-7-19(34-11-8-17(27)9-12-34)14-23(26)32-24(33-26)16-3-5-20-22(13-16)31-25(30-20)21-6-4-18(28-2)15-29-21;1-2/h3-7,13-15,17,28H,8-12,27H2,1-2H3,(H,30,31)(H,32,33);1-2H3. The fourth-order valence-corrected chi connectivity index (χ4v) is 4.93. The Morgan fingerprint density at radius 2 is 1.94 bits per heavy atom. The molecule has 1 atom stereocenters. The molecular formula is C28H36N8. The van der Waals surface area contributed by atoms with E-state index in [0.717, 1.165) is 77.7 Å². The van der Waals surface area contributed by atoms with Crippen LogP contribution < -0.4 is 16.4 Å². The predicted octanol–water partition coefficient (Wildman–Crippen LogP) is 4.40. The van der Waals surface area contributed by atoms with Crippen LogP contribution in [0.15, 0.2) is 65.1 Å². The van der Waals surface area contributed by atoms with E-state index in [1.54, 1.807) is 0 Å². The van der Waals surface area contributed by atoms with E-state index in [2.05, 4.69) is 56.7 Å². The van der Waals surface area contributed by atoms with Crippen LogP contribution in [-0.2, 0) is 0 Å². The van der Waals surface area contributed by atoms with Gasteiger partial charge < -0.3 is 26.3 Å². The second-order valence-electron chi connectivity index (χ2n) is 9.57. The number of hydrogen-bond acceptors (Lipinski definition) is 7. The summed E-state index contributed by atoms with van der Waals surface area (Å²) in [6.45, 7) is 8.24. The van der Waals surface area contributed by atoms with Crippen LogP contribution in [0.5, 0.6) is 0 Å². The van der Waals surface area contributed by atoms with E-state index < -0.39 is 0 Å². The Morgan fingerprint density at radius 3 is 2.67 bits per heavy atom. The van der Waals surface area contributed by atoms with Crippen molar-refractivity contribution in [2.75, 3.05) is 25.5 Å². The molecule has 1 saturated heterocycles. The number of aliphatic imine (C=N–C) groups is 1. The second kappa shape index (κ2) is 9.78. The lowest BCUT2D eigenvalue weighted by Gasteiger charge is -2.36. The van der Waals surface area contributed by atoms with Gasteiger partial charge >= 0.3 is 0 Å². The molecule has 8 heteroatoms. The van der Waals surface area contributed by atoms with E-state index in [1.807, 2.05) is 45.3 Å². The summed E-state index contributed by atoms with van der Waals surface area (Å²) in [5.74, 6) is 1.66. The lowest BCUT2D eigenvalue weighted by atomic mass is 9.89. The maximum Gasteiger partial charge on any atom is 0.157 e. The molecule has 1 fully saturated rings. The van der Waals surface area contributed by atoms with Crippen molar-refractivity contribution in [2.45, 2.75) is 51.6 Å². The Labute approximate surface area is 212 Å². The molecule has 0 bridgehead atoms. The number of hydrogen-bond donors (Lipinski definition) is 4. The van der Waals surface area contributed by atoms with Crippen LogP contribution in [0.25, 0.3) is 22.6 Å². The zero-order valence-electron chi connectivity index (χ0n) is 21.6. The number of amidine groups is 1. The maximum atomic E-state index is 6.10. The minimum atomic E-state index is -0.252. The Kier molecular flexibility index (Phi) is 6.53. The highest BCUT2D eigenvalue weighted by molar-refractivity contribution is 6.04. The van der Waals surface area contributed by atoms with Gasteiger partial charge in [0.1, 0.15) is 17.1 Å². The summed E-state index contributed by atoms with van der Waals surface area (Å²) in [6.07, 6.45) is 9.39. The predicted molar refractivity (Wildman–Crippen MR) is 148 cm³/mol. The number of nitrogens with one attached hydrogen (secondary N) is 3. The number of anilines is 1. The van der Waals surface area contributed by atoms with Crippen LogP contribution in [0.3, 0.4) is 0 Å². The first-order valence-corrected chi connectivity index (χ1v) is 12.9. The molecule has 3 aromatic rings. The number of H-pyrrole nitrogens is 1. The van der Waals surface area contributed by atoms with Gasteiger partial charge in [0, 0.05) is 43.1 Å². The molecule has 0 spiro atoms. The van der Waals surface area contributed by atoms with Gasteiger partial charge in [-0.15, -0.1) is 0 Å². The van der Waals surface area contributed by atoms with E-state index in [-0.39, 0.29) is 5.54 Å². The molecular weight excluding hydrogens is 448 g/mol. The third-order valence-electron chi connectivity index (χ3n) is 7.15. The summed E-state index contributed by atoms with van der Waals surface area (Å²) < 4.78 is 0. The number of imidazole rings is 1. The number of nitrogens with zero attached hydrogens (tertiary/aromatic N) is 4. The summed E-state index contributed by atoms with van der Waals surface area (Å²) in [7, 11) is 1.88. The van der Waals surface area contributed by atoms with Gasteiger partial charge in [0.2, 0.25) is 0 Å². The van der Waals surface area contributed by atoms with E-state index in [1.165, 1.54) is 5.70 Å². The lowest BCUT2D eigenvalue weighted by Crippen LogP contribution is -2.40. The van der Waals surface area contributed by atoms with Crippen LogP contribution in [0, 0.1) is 0 Å². The lowest BCUT2D eigenvalue weighted by molar-refractivity contribution is 0.267. The average Bonchev–Trinajstić information content (AvgIpc) is 3.50. The summed E-state index contributed by atoms with van der Waals surface area (Å²) in [5, 5.41) is 6.70. The average molecular weight is 485 g/mol. The summed E-state index contributed by atoms with van der Waals surface area (Å²) in [4.78, 5) is 20.2. The van der Waals surface area contributed by atoms with Crippen molar-refractivity contribution in [2.24, 2.45) is 10.7 Å². The van der Waals surface area contributed by atoms with Crippen molar-refractivity contribution in [3.05, 3.63) is 65.6 Å². The van der Waals surface area contributed by atoms with Gasteiger partial charge in [-0.1, -0.05) is 19.9 Å². The Hall–Kier alpha value is -3.65. The normalized spacial score (nSPS) is 21.6. The summed E-state index contributed by atoms with van der Waals surface area (Å²) in [5.41, 5.74) is 13.0. The number of aromatic amines is 1. The molecule has 1 unspecified atom stereocenters. The monoisotopic (exact) mass is 484 g/mol. The third-order valence-corrected chi connectivity index (χ3v) is 7.15. The highest BCUT2D eigenvalue weighted by atomic mass is 15.2. The second-order valence-corrected chi connectivity index (χ2v) is 9.57. The van der Waals surface area contributed by atoms with Crippen LogP contribution >= 0.6 is 0 Å². The smallest absolute Gasteiger partial charge is 0.157 e. The molecule has 2 aromatic heterocycles. The van der Waals surface area contributed by atoms with Crippen molar-refractivity contribution in [3.8, 4) is 11.5 Å². The van der Waals surface area contributed by atoms with Gasteiger partial charge in [-0.2, -0.15) is 0 Å². The van der Waals surface area contributed by atoms with Crippen LogP contribution in [0.2, 0.25) is 0 Å². The molecule has 3 aliphatic rings. The van der Waals surface area contributed by atoms with Crippen LogP contribution in [0.1, 0.15) is 45.6 Å². The van der Waals surface area contributed by atoms with E-state index in [9.17, 15) is 0 Å². The number of likely N-dealkylation sites (tertiary alicyclic amines) is 1. The minimum Gasteiger partial charge on any atom is -0.387 e. The van der Waals surface area contributed by atoms with Gasteiger partial charge in [-0.05, 0) is 62.6 Å². The first kappa shape index (κ1) is 24.1. The quantitative estimate of drug-likeness (QED) is 0.437. The third kappa shape index (κ3) is 4.48. The van der Waals surface area contributed by atoms with Gasteiger partial charge in [-0.3, -0.25) is 9.98 Å². The van der Waals surface area contributed by atoms with Crippen molar-refractivity contribution in [3.63, 3.8) is 0 Å². The van der Waals surface area contributed by atoms with E-state index in [0.29, 0.717) is 6.04 Å². The fourth-order valence-electron chi connectivity index (χ4n) is 4.93. The molecule has 4 heterocycles. The SMILES string of the molecule is CC.CNc1ccc(-c2nc3ccc(C4=NC5(C)CC=C(N6CCC(N)CC6)C=C5N4)cc3[nH]2)nc1. The van der Waals surface area contributed by atoms with Gasteiger partial charge in [0.05, 0.1) is 22.9 Å². The zero-order chi connectivity index (χ0) is 25.3. The molecule has 188 valence electrons. The van der Waals surface area contributed by atoms with Gasteiger partial charge in [0.15, 0.2) is 5.82 Å². The zero-order valence-corrected chi connectivity index (χ0v) is 21.6. The molecule has 8 nitrogen and oxygen atoms in total. The first-order valence-electron chi connectivity index (χ1n) is 12.9. The van der Waals surface area contributed by atoms with Crippen molar-refractivity contribution in [1.82, 2.24) is 25.2 Å². The number of pyridine rings is 1. The molecule has 0 amide bonds. The molecule has 2 aliphatic heterocycles. The largest absolute Gasteiger partial charge is 0.387 e. The molecule has 6 rings (SSSR count). The molecule has 1 aliphatic carbocycles. The minimum absolute atomic E-state index is 0.252. The van der Waals surface area contributed by atoms with Crippen molar-refractivity contribution < 1.29 is 0 Å². The van der Waals surface area contributed by atoms with Gasteiger partial charge in [0.25, 0.3) is 0 Å². The Bertz CT molecular complexity index is 1330.